The topological polar surface area (TPSA) is 67.8 Å². The smallest absolute Gasteiger partial charge is 0.251 e. The third-order valence-corrected chi connectivity index (χ3v) is 5.72. The van der Waals surface area contributed by atoms with Crippen molar-refractivity contribution < 1.29 is 14.3 Å². The van der Waals surface area contributed by atoms with E-state index >= 15 is 0 Å². The van der Waals surface area contributed by atoms with Crippen LogP contribution in [0.15, 0.2) is 6.07 Å². The van der Waals surface area contributed by atoms with Gasteiger partial charge in [-0.15, -0.1) is 0 Å². The van der Waals surface area contributed by atoms with Gasteiger partial charge in [0.2, 0.25) is 0 Å². The van der Waals surface area contributed by atoms with Crippen molar-refractivity contribution in [1.29, 1.82) is 0 Å². The predicted molar refractivity (Wildman–Crippen MR) is 109 cm³/mol. The normalized spacial score (nSPS) is 20.4. The third-order valence-electron chi connectivity index (χ3n) is 5.72. The lowest BCUT2D eigenvalue weighted by Gasteiger charge is -2.47. The van der Waals surface area contributed by atoms with Crippen molar-refractivity contribution in [3.63, 3.8) is 0 Å². The predicted octanol–water partition coefficient (Wildman–Crippen LogP) is 2.50. The van der Waals surface area contributed by atoms with Crippen LogP contribution in [0, 0.1) is 13.8 Å². The first kappa shape index (κ1) is 21.0. The monoisotopic (exact) mass is 390 g/mol. The van der Waals surface area contributed by atoms with E-state index in [4.69, 9.17) is 9.47 Å². The van der Waals surface area contributed by atoms with Crippen LogP contribution < -0.4 is 4.90 Å². The molecule has 2 aliphatic heterocycles. The minimum atomic E-state index is -0.381. The number of carbonyl (C=O) groups excluding carboxylic acids is 1. The molecule has 3 rings (SSSR count). The molecule has 0 aliphatic carbocycles. The van der Waals surface area contributed by atoms with Crippen LogP contribution in [-0.2, 0) is 14.3 Å². The van der Waals surface area contributed by atoms with Crippen LogP contribution in [0.1, 0.15) is 51.0 Å². The van der Waals surface area contributed by atoms with E-state index in [-0.39, 0.29) is 17.6 Å². The van der Waals surface area contributed by atoms with Crippen molar-refractivity contribution in [3.8, 4) is 0 Å². The second-order valence-corrected chi connectivity index (χ2v) is 8.06. The number of piperidine rings is 1. The molecule has 1 aromatic heterocycles. The Bertz CT molecular complexity index is 653. The van der Waals surface area contributed by atoms with Crippen molar-refractivity contribution in [2.75, 3.05) is 44.3 Å². The summed E-state index contributed by atoms with van der Waals surface area (Å²) < 4.78 is 11.9. The molecule has 2 fully saturated rings. The lowest BCUT2D eigenvalue weighted by molar-refractivity contribution is -0.163. The van der Waals surface area contributed by atoms with E-state index < -0.39 is 0 Å². The molecule has 2 saturated heterocycles. The molecular formula is C21H34N4O3. The van der Waals surface area contributed by atoms with Gasteiger partial charge in [0.25, 0.3) is 5.91 Å². The van der Waals surface area contributed by atoms with Gasteiger partial charge in [-0.25, -0.2) is 9.97 Å². The zero-order valence-corrected chi connectivity index (χ0v) is 17.7. The number of anilines is 1. The number of aryl methyl sites for hydroxylation is 2. The van der Waals surface area contributed by atoms with Gasteiger partial charge >= 0.3 is 0 Å². The van der Waals surface area contributed by atoms with Crippen molar-refractivity contribution in [1.82, 2.24) is 14.9 Å². The fraction of sp³-hybridized carbons (Fsp3) is 0.762. The van der Waals surface area contributed by atoms with Gasteiger partial charge in [0.05, 0.1) is 12.2 Å². The summed E-state index contributed by atoms with van der Waals surface area (Å²) in [5.74, 6) is 1.88. The largest absolute Gasteiger partial charge is 0.371 e. The Kier molecular flexibility index (Phi) is 6.88. The molecule has 1 atom stereocenters. The number of rotatable bonds is 6. The standard InChI is InChI=1S/C21H34N4O3/c1-5-6-12-27-17(3)20(26)25-11-13-28-21(15-25)7-9-24(10-8-21)19-14-16(2)22-18(4)23-19/h14,17H,5-13,15H2,1-4H3. The molecule has 1 aromatic rings. The quantitative estimate of drug-likeness (QED) is 0.695. The summed E-state index contributed by atoms with van der Waals surface area (Å²) in [5.41, 5.74) is 0.746. The fourth-order valence-corrected chi connectivity index (χ4v) is 4.07. The molecule has 0 N–H and O–H groups in total. The first-order chi connectivity index (χ1) is 13.4. The molecule has 2 aliphatic rings. The number of amides is 1. The van der Waals surface area contributed by atoms with Gasteiger partial charge in [0.15, 0.2) is 0 Å². The van der Waals surface area contributed by atoms with E-state index in [1.54, 1.807) is 0 Å². The Morgan fingerprint density at radius 2 is 2.04 bits per heavy atom. The lowest BCUT2D eigenvalue weighted by atomic mass is 9.89. The zero-order chi connectivity index (χ0) is 20.1. The van der Waals surface area contributed by atoms with Crippen LogP contribution in [0.4, 0.5) is 5.82 Å². The molecule has 0 bridgehead atoms. The molecule has 7 nitrogen and oxygen atoms in total. The Hall–Kier alpha value is -1.73. The number of hydrogen-bond acceptors (Lipinski definition) is 6. The average molecular weight is 391 g/mol. The number of ether oxygens (including phenoxy) is 2. The van der Waals surface area contributed by atoms with Crippen molar-refractivity contribution in [2.24, 2.45) is 0 Å². The van der Waals surface area contributed by atoms with Crippen LogP contribution in [0.2, 0.25) is 0 Å². The molecular weight excluding hydrogens is 356 g/mol. The molecule has 3 heterocycles. The first-order valence-electron chi connectivity index (χ1n) is 10.5. The second-order valence-electron chi connectivity index (χ2n) is 8.06. The Balaban J connectivity index is 1.57. The zero-order valence-electron chi connectivity index (χ0n) is 17.7. The molecule has 28 heavy (non-hydrogen) atoms. The maximum absolute atomic E-state index is 12.8. The van der Waals surface area contributed by atoms with Crippen molar-refractivity contribution in [3.05, 3.63) is 17.6 Å². The Morgan fingerprint density at radius 1 is 1.29 bits per heavy atom. The van der Waals surface area contributed by atoms with Crippen LogP contribution in [0.25, 0.3) is 0 Å². The number of nitrogens with zero attached hydrogens (tertiary/aromatic N) is 4. The fourth-order valence-electron chi connectivity index (χ4n) is 4.07. The molecule has 1 unspecified atom stereocenters. The minimum Gasteiger partial charge on any atom is -0.371 e. The van der Waals surface area contributed by atoms with Gasteiger partial charge in [0.1, 0.15) is 17.7 Å². The van der Waals surface area contributed by atoms with Gasteiger partial charge < -0.3 is 19.3 Å². The van der Waals surface area contributed by atoms with E-state index in [9.17, 15) is 4.79 Å². The summed E-state index contributed by atoms with van der Waals surface area (Å²) in [6, 6.07) is 2.04. The molecule has 0 aromatic carbocycles. The highest BCUT2D eigenvalue weighted by molar-refractivity contribution is 5.80. The van der Waals surface area contributed by atoms with Crippen LogP contribution >= 0.6 is 0 Å². The van der Waals surface area contributed by atoms with E-state index in [1.165, 1.54) is 0 Å². The molecule has 0 radical (unpaired) electrons. The maximum atomic E-state index is 12.8. The van der Waals surface area contributed by atoms with Crippen LogP contribution in [-0.4, -0.2) is 71.9 Å². The molecule has 156 valence electrons. The highest BCUT2D eigenvalue weighted by Gasteiger charge is 2.42. The summed E-state index contributed by atoms with van der Waals surface area (Å²) in [5, 5.41) is 0. The Morgan fingerprint density at radius 3 is 2.71 bits per heavy atom. The van der Waals surface area contributed by atoms with Crippen molar-refractivity contribution in [2.45, 2.75) is 65.1 Å². The number of morpholine rings is 1. The molecule has 0 saturated carbocycles. The minimum absolute atomic E-state index is 0.0863. The van der Waals surface area contributed by atoms with Gasteiger partial charge in [0, 0.05) is 44.5 Å². The number of unbranched alkanes of at least 4 members (excludes halogenated alkanes) is 1. The van der Waals surface area contributed by atoms with E-state index in [0.717, 1.165) is 56.1 Å². The van der Waals surface area contributed by atoms with E-state index in [1.807, 2.05) is 31.7 Å². The average Bonchev–Trinajstić information content (AvgIpc) is 2.67. The number of carbonyl (C=O) groups is 1. The number of hydrogen-bond donors (Lipinski definition) is 0. The third kappa shape index (κ3) is 5.00. The van der Waals surface area contributed by atoms with E-state index in [2.05, 4.69) is 21.8 Å². The van der Waals surface area contributed by atoms with Gasteiger partial charge in [-0.3, -0.25) is 4.79 Å². The molecule has 1 spiro atoms. The summed E-state index contributed by atoms with van der Waals surface area (Å²) in [4.78, 5) is 26.0. The summed E-state index contributed by atoms with van der Waals surface area (Å²) in [6.45, 7) is 12.2. The first-order valence-corrected chi connectivity index (χ1v) is 10.5. The SMILES string of the molecule is CCCCOC(C)C(=O)N1CCOC2(CCN(c3cc(C)nc(C)n3)CC2)C1. The summed E-state index contributed by atoms with van der Waals surface area (Å²) >= 11 is 0. The van der Waals surface area contributed by atoms with Gasteiger partial charge in [-0.1, -0.05) is 13.3 Å². The summed E-state index contributed by atoms with van der Waals surface area (Å²) in [7, 11) is 0. The van der Waals surface area contributed by atoms with E-state index in [0.29, 0.717) is 26.3 Å². The molecule has 1 amide bonds. The summed E-state index contributed by atoms with van der Waals surface area (Å²) in [6.07, 6.45) is 3.47. The Labute approximate surface area is 168 Å². The lowest BCUT2D eigenvalue weighted by Crippen LogP contribution is -2.59. The second kappa shape index (κ2) is 9.18. The highest BCUT2D eigenvalue weighted by Crippen LogP contribution is 2.32. The molecule has 7 heteroatoms. The van der Waals surface area contributed by atoms with Crippen molar-refractivity contribution >= 4 is 11.7 Å². The van der Waals surface area contributed by atoms with Crippen LogP contribution in [0.3, 0.4) is 0 Å². The highest BCUT2D eigenvalue weighted by atomic mass is 16.5. The number of aromatic nitrogens is 2. The van der Waals surface area contributed by atoms with Crippen LogP contribution in [0.5, 0.6) is 0 Å². The van der Waals surface area contributed by atoms with Gasteiger partial charge in [-0.2, -0.15) is 0 Å². The maximum Gasteiger partial charge on any atom is 0.251 e. The van der Waals surface area contributed by atoms with Gasteiger partial charge in [-0.05, 0) is 40.0 Å².